The fourth-order valence-electron chi connectivity index (χ4n) is 4.01. The second-order valence-electron chi connectivity index (χ2n) is 9.67. The number of halogens is 2. The zero-order chi connectivity index (χ0) is 29.1. The Bertz CT molecular complexity index is 1370. The summed E-state index contributed by atoms with van der Waals surface area (Å²) in [7, 11) is 0. The van der Waals surface area contributed by atoms with E-state index in [9.17, 15) is 8.78 Å². The zero-order valence-electron chi connectivity index (χ0n) is 24.2. The van der Waals surface area contributed by atoms with Gasteiger partial charge in [0.1, 0.15) is 23.1 Å². The monoisotopic (exact) mass is 540 g/mol. The lowest BCUT2D eigenvalue weighted by Crippen LogP contribution is -1.95. The Morgan fingerprint density at radius 1 is 0.475 bits per heavy atom. The first-order valence-corrected chi connectivity index (χ1v) is 13.6. The molecule has 208 valence electrons. The second kappa shape index (κ2) is 14.8. The Kier molecular flexibility index (Phi) is 11.3. The molecule has 0 saturated carbocycles. The summed E-state index contributed by atoms with van der Waals surface area (Å²) in [6.45, 7) is 13.1. The van der Waals surface area contributed by atoms with Gasteiger partial charge in [0, 0.05) is 22.3 Å². The molecule has 0 aliphatic rings. The lowest BCUT2D eigenvalue weighted by molar-refractivity contribution is 0.339. The van der Waals surface area contributed by atoms with Crippen molar-refractivity contribution in [3.05, 3.63) is 129 Å². The van der Waals surface area contributed by atoms with Crippen molar-refractivity contribution in [2.24, 2.45) is 0 Å². The minimum Gasteiger partial charge on any atom is -0.493 e. The van der Waals surface area contributed by atoms with Crippen LogP contribution in [0.1, 0.15) is 58.4 Å². The van der Waals surface area contributed by atoms with Gasteiger partial charge in [-0.25, -0.2) is 8.78 Å². The van der Waals surface area contributed by atoms with Crippen LogP contribution >= 0.6 is 0 Å². The van der Waals surface area contributed by atoms with E-state index in [1.54, 1.807) is 24.3 Å². The molecule has 0 aliphatic carbocycles. The second-order valence-corrected chi connectivity index (χ2v) is 9.67. The number of rotatable bonds is 8. The predicted molar refractivity (Wildman–Crippen MR) is 165 cm³/mol. The van der Waals surface area contributed by atoms with Gasteiger partial charge < -0.3 is 9.47 Å². The topological polar surface area (TPSA) is 18.5 Å². The van der Waals surface area contributed by atoms with Gasteiger partial charge in [0.05, 0.1) is 13.2 Å². The van der Waals surface area contributed by atoms with Crippen molar-refractivity contribution in [2.45, 2.75) is 41.5 Å². The Hall–Kier alpha value is -4.18. The summed E-state index contributed by atoms with van der Waals surface area (Å²) in [6.07, 6.45) is 7.33. The highest BCUT2D eigenvalue weighted by molar-refractivity contribution is 5.75. The van der Waals surface area contributed by atoms with Crippen molar-refractivity contribution in [1.29, 1.82) is 0 Å². The molecule has 0 saturated heterocycles. The Labute approximate surface area is 237 Å². The molecule has 2 nitrogen and oxygen atoms in total. The average molecular weight is 541 g/mol. The predicted octanol–water partition coefficient (Wildman–Crippen LogP) is 10.0. The van der Waals surface area contributed by atoms with E-state index in [4.69, 9.17) is 9.47 Å². The standard InChI is InChI=1S/C20H24O2.C16H14F2/c1-5-21-19-13-15(3)7-9-17(19)11-12-18-10-8-16(4)14-20(18)22-6-2;1-11-3-5-13(15(17)9-11)7-8-14-6-4-12(2)10-16(14)18/h7-14H,5-6H2,1-4H3;3-10H,1-2H3/b12-11+;8-7+. The van der Waals surface area contributed by atoms with Crippen LogP contribution in [0.5, 0.6) is 11.5 Å². The maximum atomic E-state index is 13.6. The largest absolute Gasteiger partial charge is 0.493 e. The van der Waals surface area contributed by atoms with E-state index in [1.165, 1.54) is 23.3 Å². The van der Waals surface area contributed by atoms with Crippen molar-refractivity contribution in [1.82, 2.24) is 0 Å². The molecule has 4 aromatic carbocycles. The van der Waals surface area contributed by atoms with Gasteiger partial charge in [-0.1, -0.05) is 72.8 Å². The van der Waals surface area contributed by atoms with E-state index in [-0.39, 0.29) is 11.6 Å². The normalized spacial score (nSPS) is 11.0. The molecular weight excluding hydrogens is 502 g/mol. The summed E-state index contributed by atoms with van der Waals surface area (Å²) in [5, 5.41) is 0. The minimum atomic E-state index is -0.293. The highest BCUT2D eigenvalue weighted by Crippen LogP contribution is 2.26. The molecule has 0 bridgehead atoms. The van der Waals surface area contributed by atoms with E-state index >= 15 is 0 Å². The number of hydrogen-bond acceptors (Lipinski definition) is 2. The smallest absolute Gasteiger partial charge is 0.130 e. The summed E-state index contributed by atoms with van der Waals surface area (Å²) in [5.74, 6) is 1.25. The maximum Gasteiger partial charge on any atom is 0.130 e. The molecule has 0 radical (unpaired) electrons. The number of benzene rings is 4. The van der Waals surface area contributed by atoms with Crippen LogP contribution in [-0.4, -0.2) is 13.2 Å². The first-order chi connectivity index (χ1) is 19.2. The minimum absolute atomic E-state index is 0.293. The molecule has 4 aromatic rings. The van der Waals surface area contributed by atoms with Crippen LogP contribution in [0.3, 0.4) is 0 Å². The molecule has 0 aliphatic heterocycles. The van der Waals surface area contributed by atoms with Crippen LogP contribution in [0.25, 0.3) is 24.3 Å². The van der Waals surface area contributed by atoms with Crippen LogP contribution in [-0.2, 0) is 0 Å². The third-order valence-corrected chi connectivity index (χ3v) is 6.13. The van der Waals surface area contributed by atoms with Crippen LogP contribution < -0.4 is 9.47 Å². The van der Waals surface area contributed by atoms with Crippen molar-refractivity contribution in [3.8, 4) is 11.5 Å². The summed E-state index contributed by atoms with van der Waals surface area (Å²) in [5.41, 5.74) is 7.21. The maximum absolute atomic E-state index is 13.6. The van der Waals surface area contributed by atoms with Gasteiger partial charge in [0.15, 0.2) is 0 Å². The van der Waals surface area contributed by atoms with Crippen molar-refractivity contribution < 1.29 is 18.3 Å². The van der Waals surface area contributed by atoms with Crippen LogP contribution in [0.2, 0.25) is 0 Å². The quantitative estimate of drug-likeness (QED) is 0.207. The summed E-state index contributed by atoms with van der Waals surface area (Å²) >= 11 is 0. The van der Waals surface area contributed by atoms with Crippen molar-refractivity contribution in [2.75, 3.05) is 13.2 Å². The fourth-order valence-corrected chi connectivity index (χ4v) is 4.01. The van der Waals surface area contributed by atoms with Gasteiger partial charge in [-0.05, 0) is 88.1 Å². The Morgan fingerprint density at radius 3 is 1.10 bits per heavy atom. The molecule has 0 spiro atoms. The van der Waals surface area contributed by atoms with Gasteiger partial charge in [0.25, 0.3) is 0 Å². The highest BCUT2D eigenvalue weighted by Gasteiger charge is 2.04. The Morgan fingerprint density at radius 2 is 0.775 bits per heavy atom. The SMILES string of the molecule is CCOc1cc(C)ccc1/C=C/c1ccc(C)cc1OCC.Cc1ccc(/C=C/c2ccc(C)cc2F)c(F)c1. The molecule has 0 N–H and O–H groups in total. The Balaban J connectivity index is 0.000000225. The molecular formula is C36H38F2O2. The van der Waals surface area contributed by atoms with Crippen molar-refractivity contribution >= 4 is 24.3 Å². The molecule has 0 fully saturated rings. The molecule has 0 atom stereocenters. The zero-order valence-corrected chi connectivity index (χ0v) is 24.2. The van der Waals surface area contributed by atoms with Crippen LogP contribution in [0.4, 0.5) is 8.78 Å². The number of ether oxygens (including phenoxy) is 2. The number of aryl methyl sites for hydroxylation is 4. The van der Waals surface area contributed by atoms with Gasteiger partial charge in [-0.3, -0.25) is 0 Å². The third-order valence-electron chi connectivity index (χ3n) is 6.13. The molecule has 0 unspecified atom stereocenters. The first kappa shape index (κ1) is 30.4. The molecule has 0 amide bonds. The lowest BCUT2D eigenvalue weighted by atomic mass is 10.1. The fraction of sp³-hybridized carbons (Fsp3) is 0.222. The van der Waals surface area contributed by atoms with E-state index in [0.29, 0.717) is 24.3 Å². The molecule has 4 rings (SSSR count). The molecule has 4 heteroatoms. The molecule has 40 heavy (non-hydrogen) atoms. The van der Waals surface area contributed by atoms with Gasteiger partial charge >= 0.3 is 0 Å². The number of hydrogen-bond donors (Lipinski definition) is 0. The molecule has 0 aromatic heterocycles. The molecule has 0 heterocycles. The van der Waals surface area contributed by atoms with Gasteiger partial charge in [0.2, 0.25) is 0 Å². The van der Waals surface area contributed by atoms with Crippen LogP contribution in [0, 0.1) is 39.3 Å². The third kappa shape index (κ3) is 8.94. The van der Waals surface area contributed by atoms with E-state index in [0.717, 1.165) is 33.8 Å². The van der Waals surface area contributed by atoms with Gasteiger partial charge in [-0.2, -0.15) is 0 Å². The summed E-state index contributed by atoms with van der Waals surface area (Å²) in [6, 6.07) is 22.5. The van der Waals surface area contributed by atoms with E-state index in [1.807, 2.05) is 39.8 Å². The lowest BCUT2D eigenvalue weighted by Gasteiger charge is -2.10. The highest BCUT2D eigenvalue weighted by atomic mass is 19.1. The first-order valence-electron chi connectivity index (χ1n) is 13.6. The summed E-state index contributed by atoms with van der Waals surface area (Å²) < 4.78 is 38.6. The van der Waals surface area contributed by atoms with Gasteiger partial charge in [-0.15, -0.1) is 0 Å². The van der Waals surface area contributed by atoms with Crippen LogP contribution in [0.15, 0.2) is 72.8 Å². The van der Waals surface area contributed by atoms with E-state index in [2.05, 4.69) is 62.4 Å². The van der Waals surface area contributed by atoms with Crippen molar-refractivity contribution in [3.63, 3.8) is 0 Å². The summed E-state index contributed by atoms with van der Waals surface area (Å²) in [4.78, 5) is 0. The average Bonchev–Trinajstić information content (AvgIpc) is 2.90. The van der Waals surface area contributed by atoms with E-state index < -0.39 is 0 Å².